The monoisotopic (exact) mass is 319 g/mol. The summed E-state index contributed by atoms with van der Waals surface area (Å²) in [5, 5.41) is 2.83. The molecule has 0 saturated carbocycles. The number of carbonyl (C=O) groups excluding carboxylic acids is 2. The number of carbonyl (C=O) groups is 2. The first-order valence-electron chi connectivity index (χ1n) is 8.11. The van der Waals surface area contributed by atoms with Gasteiger partial charge in [-0.15, -0.1) is 0 Å². The maximum Gasteiger partial charge on any atom is 0.259 e. The number of ketones is 1. The number of hydrogen-bond donors (Lipinski definition) is 1. The Morgan fingerprint density at radius 3 is 2.33 bits per heavy atom. The molecule has 3 rings (SSSR count). The highest BCUT2D eigenvalue weighted by molar-refractivity contribution is 6.34. The molecule has 0 aliphatic carbocycles. The van der Waals surface area contributed by atoms with Gasteiger partial charge in [-0.3, -0.25) is 9.59 Å². The Morgan fingerprint density at radius 1 is 0.958 bits per heavy atom. The Morgan fingerprint density at radius 2 is 1.67 bits per heavy atom. The van der Waals surface area contributed by atoms with Gasteiger partial charge in [0.25, 0.3) is 5.91 Å². The van der Waals surface area contributed by atoms with Crippen LogP contribution in [0, 0.1) is 5.41 Å². The molecule has 0 fully saturated rings. The third kappa shape index (κ3) is 3.30. The standard InChI is InChI=1S/C21H21NO2/c1-21(2,3)12-11-16-19(23)17-13-15(14-7-5-4-6-8-14)9-10-18(17)22-20(16)24/h4-11,13H,12H2,1-3H3,(H,22,24)/b16-11-. The Bertz CT molecular complexity index is 827. The van der Waals surface area contributed by atoms with Crippen molar-refractivity contribution in [2.75, 3.05) is 5.32 Å². The van der Waals surface area contributed by atoms with Gasteiger partial charge in [0, 0.05) is 5.56 Å². The van der Waals surface area contributed by atoms with Crippen molar-refractivity contribution in [3.8, 4) is 11.1 Å². The van der Waals surface area contributed by atoms with Crippen LogP contribution in [-0.4, -0.2) is 11.7 Å². The largest absolute Gasteiger partial charge is 0.321 e. The topological polar surface area (TPSA) is 46.2 Å². The van der Waals surface area contributed by atoms with Crippen molar-refractivity contribution >= 4 is 17.4 Å². The molecular weight excluding hydrogens is 298 g/mol. The van der Waals surface area contributed by atoms with Crippen molar-refractivity contribution in [2.24, 2.45) is 5.41 Å². The van der Waals surface area contributed by atoms with Crippen LogP contribution in [0.2, 0.25) is 0 Å². The fourth-order valence-electron chi connectivity index (χ4n) is 2.68. The van der Waals surface area contributed by atoms with Gasteiger partial charge in [0.15, 0.2) is 5.78 Å². The molecule has 1 amide bonds. The number of fused-ring (bicyclic) bond motifs is 1. The molecule has 0 unspecified atom stereocenters. The van der Waals surface area contributed by atoms with E-state index >= 15 is 0 Å². The molecule has 1 N–H and O–H groups in total. The molecule has 24 heavy (non-hydrogen) atoms. The number of anilines is 1. The second-order valence-electron chi connectivity index (χ2n) is 7.29. The highest BCUT2D eigenvalue weighted by Crippen LogP contribution is 2.31. The van der Waals surface area contributed by atoms with E-state index in [1.54, 1.807) is 12.1 Å². The van der Waals surface area contributed by atoms with Crippen LogP contribution in [0.1, 0.15) is 37.6 Å². The van der Waals surface area contributed by atoms with Gasteiger partial charge < -0.3 is 5.32 Å². The molecule has 122 valence electrons. The summed E-state index contributed by atoms with van der Waals surface area (Å²) in [5.41, 5.74) is 3.41. The first-order chi connectivity index (χ1) is 11.3. The van der Waals surface area contributed by atoms with Gasteiger partial charge in [0.1, 0.15) is 0 Å². The summed E-state index contributed by atoms with van der Waals surface area (Å²) in [6.07, 6.45) is 2.44. The lowest BCUT2D eigenvalue weighted by Gasteiger charge is -2.21. The number of amides is 1. The van der Waals surface area contributed by atoms with E-state index in [4.69, 9.17) is 0 Å². The molecule has 1 aliphatic heterocycles. The van der Waals surface area contributed by atoms with Crippen LogP contribution in [0.4, 0.5) is 5.69 Å². The number of rotatable bonds is 2. The second kappa shape index (κ2) is 6.08. The van der Waals surface area contributed by atoms with E-state index in [1.165, 1.54) is 0 Å². The third-order valence-corrected chi connectivity index (χ3v) is 4.03. The SMILES string of the molecule is CC(C)(C)C/C=C1\C(=O)Nc2ccc(-c3ccccc3)cc2C1=O. The molecule has 3 heteroatoms. The lowest BCUT2D eigenvalue weighted by molar-refractivity contribution is -0.112. The molecule has 3 nitrogen and oxygen atoms in total. The highest BCUT2D eigenvalue weighted by Gasteiger charge is 2.29. The van der Waals surface area contributed by atoms with Crippen molar-refractivity contribution in [2.45, 2.75) is 27.2 Å². The Hall–Kier alpha value is -2.68. The van der Waals surface area contributed by atoms with E-state index in [1.807, 2.05) is 42.5 Å². The molecule has 0 saturated heterocycles. The summed E-state index contributed by atoms with van der Waals surface area (Å²) < 4.78 is 0. The highest BCUT2D eigenvalue weighted by atomic mass is 16.2. The summed E-state index contributed by atoms with van der Waals surface area (Å²) in [7, 11) is 0. The van der Waals surface area contributed by atoms with Crippen molar-refractivity contribution in [1.29, 1.82) is 0 Å². The van der Waals surface area contributed by atoms with Crippen molar-refractivity contribution < 1.29 is 9.59 Å². The lowest BCUT2D eigenvalue weighted by atomic mass is 9.88. The van der Waals surface area contributed by atoms with E-state index in [0.29, 0.717) is 17.7 Å². The Labute approximate surface area is 142 Å². The summed E-state index contributed by atoms with van der Waals surface area (Å²) >= 11 is 0. The maximum absolute atomic E-state index is 12.8. The zero-order chi connectivity index (χ0) is 17.3. The maximum atomic E-state index is 12.8. The molecule has 0 radical (unpaired) electrons. The first kappa shape index (κ1) is 16.2. The minimum Gasteiger partial charge on any atom is -0.321 e. The molecule has 2 aromatic carbocycles. The number of allylic oxidation sites excluding steroid dienone is 1. The van der Waals surface area contributed by atoms with Crippen molar-refractivity contribution in [1.82, 2.24) is 0 Å². The molecule has 1 heterocycles. The molecular formula is C21H21NO2. The number of nitrogens with one attached hydrogen (secondary N) is 1. The molecule has 0 spiro atoms. The van der Waals surface area contributed by atoms with Gasteiger partial charge in [-0.05, 0) is 35.1 Å². The zero-order valence-corrected chi connectivity index (χ0v) is 14.2. The van der Waals surface area contributed by atoms with Crippen LogP contribution in [0.25, 0.3) is 11.1 Å². The van der Waals surface area contributed by atoms with E-state index in [9.17, 15) is 9.59 Å². The van der Waals surface area contributed by atoms with E-state index in [2.05, 4.69) is 26.1 Å². The van der Waals surface area contributed by atoms with Crippen molar-refractivity contribution in [3.63, 3.8) is 0 Å². The predicted octanol–water partition coefficient (Wildman–Crippen LogP) is 4.85. The minimum atomic E-state index is -0.316. The van der Waals surface area contributed by atoms with Crippen LogP contribution < -0.4 is 5.32 Å². The molecule has 0 atom stereocenters. The normalized spacial score (nSPS) is 16.0. The predicted molar refractivity (Wildman–Crippen MR) is 97.0 cm³/mol. The van der Waals surface area contributed by atoms with Gasteiger partial charge in [-0.25, -0.2) is 0 Å². The fourth-order valence-corrected chi connectivity index (χ4v) is 2.68. The van der Waals surface area contributed by atoms with E-state index in [0.717, 1.165) is 11.1 Å². The van der Waals surface area contributed by atoms with Crippen LogP contribution in [0.3, 0.4) is 0 Å². The smallest absolute Gasteiger partial charge is 0.259 e. The average molecular weight is 319 g/mol. The number of hydrogen-bond acceptors (Lipinski definition) is 2. The van der Waals surface area contributed by atoms with Gasteiger partial charge in [-0.1, -0.05) is 63.2 Å². The van der Waals surface area contributed by atoms with Gasteiger partial charge in [0.2, 0.25) is 0 Å². The zero-order valence-electron chi connectivity index (χ0n) is 14.2. The lowest BCUT2D eigenvalue weighted by Crippen LogP contribution is -2.28. The number of benzene rings is 2. The Balaban J connectivity index is 2.00. The third-order valence-electron chi connectivity index (χ3n) is 4.03. The molecule has 0 aromatic heterocycles. The summed E-state index contributed by atoms with van der Waals surface area (Å²) in [6, 6.07) is 15.5. The Kier molecular flexibility index (Phi) is 4.10. The van der Waals surface area contributed by atoms with Crippen molar-refractivity contribution in [3.05, 3.63) is 65.7 Å². The van der Waals surface area contributed by atoms with Gasteiger partial charge in [-0.2, -0.15) is 0 Å². The van der Waals surface area contributed by atoms with E-state index in [-0.39, 0.29) is 22.7 Å². The van der Waals surface area contributed by atoms with Gasteiger partial charge >= 0.3 is 0 Å². The van der Waals surface area contributed by atoms with Crippen LogP contribution >= 0.6 is 0 Å². The van der Waals surface area contributed by atoms with Gasteiger partial charge in [0.05, 0.1) is 11.3 Å². The first-order valence-corrected chi connectivity index (χ1v) is 8.11. The fraction of sp³-hybridized carbons (Fsp3) is 0.238. The molecule has 0 bridgehead atoms. The molecule has 1 aliphatic rings. The summed E-state index contributed by atoms with van der Waals surface area (Å²) in [5.74, 6) is -0.514. The number of Topliss-reactive ketones (excluding diaryl/α,β-unsaturated/α-hetero) is 1. The summed E-state index contributed by atoms with van der Waals surface area (Å²) in [6.45, 7) is 6.24. The van der Waals surface area contributed by atoms with E-state index < -0.39 is 0 Å². The summed E-state index contributed by atoms with van der Waals surface area (Å²) in [4.78, 5) is 25.0. The van der Waals surface area contributed by atoms with Crippen LogP contribution in [-0.2, 0) is 4.79 Å². The molecule has 2 aromatic rings. The average Bonchev–Trinajstić information content (AvgIpc) is 2.54. The quantitative estimate of drug-likeness (QED) is 0.635. The second-order valence-corrected chi connectivity index (χ2v) is 7.29. The minimum absolute atomic E-state index is 0.0275. The van der Waals surface area contributed by atoms with Crippen LogP contribution in [0.15, 0.2) is 60.2 Å². The van der Waals surface area contributed by atoms with Crippen LogP contribution in [0.5, 0.6) is 0 Å².